The second-order valence-electron chi connectivity index (χ2n) is 3.71. The molecule has 94 valence electrons. The average molecular weight is 312 g/mol. The van der Waals surface area contributed by atoms with Crippen LogP contribution in [0.4, 0.5) is 10.2 Å². The molecule has 2 N–H and O–H groups in total. The van der Waals surface area contributed by atoms with Gasteiger partial charge in [-0.15, -0.1) is 0 Å². The Labute approximate surface area is 112 Å². The van der Waals surface area contributed by atoms with E-state index >= 15 is 0 Å². The van der Waals surface area contributed by atoms with Gasteiger partial charge in [-0.2, -0.15) is 5.10 Å². The Morgan fingerprint density at radius 2 is 2.28 bits per heavy atom. The van der Waals surface area contributed by atoms with Gasteiger partial charge in [0.05, 0.1) is 4.47 Å². The summed E-state index contributed by atoms with van der Waals surface area (Å²) >= 11 is 3.03. The van der Waals surface area contributed by atoms with Gasteiger partial charge in [-0.05, 0) is 40.5 Å². The highest BCUT2D eigenvalue weighted by atomic mass is 79.9. The fourth-order valence-corrected chi connectivity index (χ4v) is 1.68. The first-order valence-electron chi connectivity index (χ1n) is 5.41. The number of aryl methyl sites for hydroxylation is 1. The van der Waals surface area contributed by atoms with E-state index in [0.29, 0.717) is 10.3 Å². The standard InChI is InChI=1S/C12H11BrFN3O/c1-2-8-6-11(17-16-8)15-12(18)7-3-4-9(13)10(14)5-7/h3-6H,2H2,1H3,(H2,15,16,17,18). The molecule has 0 aliphatic carbocycles. The number of carbonyl (C=O) groups excluding carboxylic acids is 1. The number of carbonyl (C=O) groups is 1. The molecule has 0 spiro atoms. The van der Waals surface area contributed by atoms with Gasteiger partial charge in [0, 0.05) is 17.3 Å². The van der Waals surface area contributed by atoms with Crippen molar-refractivity contribution in [2.75, 3.05) is 5.32 Å². The molecule has 0 atom stereocenters. The van der Waals surface area contributed by atoms with E-state index in [4.69, 9.17) is 0 Å². The lowest BCUT2D eigenvalue weighted by atomic mass is 10.2. The van der Waals surface area contributed by atoms with Crippen LogP contribution in [0.3, 0.4) is 0 Å². The lowest BCUT2D eigenvalue weighted by molar-refractivity contribution is 0.102. The second kappa shape index (κ2) is 5.30. The first kappa shape index (κ1) is 12.8. The van der Waals surface area contributed by atoms with Crippen molar-refractivity contribution in [3.05, 3.63) is 45.8 Å². The average Bonchev–Trinajstić information content (AvgIpc) is 2.80. The van der Waals surface area contributed by atoms with Crippen LogP contribution in [0.1, 0.15) is 23.0 Å². The number of amides is 1. The zero-order chi connectivity index (χ0) is 13.1. The Balaban J connectivity index is 2.14. The molecule has 0 fully saturated rings. The third-order valence-electron chi connectivity index (χ3n) is 2.44. The van der Waals surface area contributed by atoms with Gasteiger partial charge in [-0.25, -0.2) is 4.39 Å². The van der Waals surface area contributed by atoms with Crippen LogP contribution < -0.4 is 5.32 Å². The first-order valence-corrected chi connectivity index (χ1v) is 6.20. The Morgan fingerprint density at radius 1 is 1.50 bits per heavy atom. The van der Waals surface area contributed by atoms with Crippen LogP contribution in [0.15, 0.2) is 28.7 Å². The maximum atomic E-state index is 13.3. The summed E-state index contributed by atoms with van der Waals surface area (Å²) < 4.78 is 13.6. The summed E-state index contributed by atoms with van der Waals surface area (Å²) in [5.41, 5.74) is 1.17. The van der Waals surface area contributed by atoms with Crippen molar-refractivity contribution in [1.29, 1.82) is 0 Å². The smallest absolute Gasteiger partial charge is 0.256 e. The molecule has 1 aromatic heterocycles. The fraction of sp³-hybridized carbons (Fsp3) is 0.167. The van der Waals surface area contributed by atoms with Gasteiger partial charge in [-0.1, -0.05) is 6.92 Å². The van der Waals surface area contributed by atoms with E-state index in [1.165, 1.54) is 18.2 Å². The van der Waals surface area contributed by atoms with E-state index in [9.17, 15) is 9.18 Å². The molecule has 0 saturated heterocycles. The van der Waals surface area contributed by atoms with Crippen molar-refractivity contribution < 1.29 is 9.18 Å². The Hall–Kier alpha value is -1.69. The molecule has 6 heteroatoms. The van der Waals surface area contributed by atoms with E-state index in [1.807, 2.05) is 6.92 Å². The maximum Gasteiger partial charge on any atom is 0.256 e. The van der Waals surface area contributed by atoms with E-state index in [-0.39, 0.29) is 5.56 Å². The van der Waals surface area contributed by atoms with Crippen LogP contribution in [0.5, 0.6) is 0 Å². The third-order valence-corrected chi connectivity index (χ3v) is 3.08. The van der Waals surface area contributed by atoms with Crippen LogP contribution >= 0.6 is 15.9 Å². The van der Waals surface area contributed by atoms with Crippen LogP contribution in [-0.4, -0.2) is 16.1 Å². The number of halogens is 2. The molecule has 0 aliphatic heterocycles. The quantitative estimate of drug-likeness (QED) is 0.915. The Kier molecular flexibility index (Phi) is 3.76. The SMILES string of the molecule is CCc1cc(NC(=O)c2ccc(Br)c(F)c2)n[nH]1. The monoisotopic (exact) mass is 311 g/mol. The largest absolute Gasteiger partial charge is 0.305 e. The van der Waals surface area contributed by atoms with E-state index in [1.54, 1.807) is 6.07 Å². The van der Waals surface area contributed by atoms with Gasteiger partial charge < -0.3 is 5.32 Å². The molecule has 1 amide bonds. The van der Waals surface area contributed by atoms with Gasteiger partial charge in [0.2, 0.25) is 0 Å². The molecule has 0 aliphatic rings. The number of benzene rings is 1. The van der Waals surface area contributed by atoms with Crippen molar-refractivity contribution >= 4 is 27.7 Å². The highest BCUT2D eigenvalue weighted by molar-refractivity contribution is 9.10. The summed E-state index contributed by atoms with van der Waals surface area (Å²) in [6.45, 7) is 1.98. The number of nitrogens with one attached hydrogen (secondary N) is 2. The molecule has 4 nitrogen and oxygen atoms in total. The molecular formula is C12H11BrFN3O. The molecule has 18 heavy (non-hydrogen) atoms. The van der Waals surface area contributed by atoms with E-state index in [0.717, 1.165) is 12.1 Å². The molecule has 2 rings (SSSR count). The second-order valence-corrected chi connectivity index (χ2v) is 4.57. The zero-order valence-corrected chi connectivity index (χ0v) is 11.2. The molecule has 1 heterocycles. The Bertz CT molecular complexity index is 582. The molecule has 0 saturated carbocycles. The van der Waals surface area contributed by atoms with Crippen LogP contribution in [0, 0.1) is 5.82 Å². The normalized spacial score (nSPS) is 10.4. The van der Waals surface area contributed by atoms with Gasteiger partial charge in [-0.3, -0.25) is 9.89 Å². The summed E-state index contributed by atoms with van der Waals surface area (Å²) in [7, 11) is 0. The molecule has 0 unspecified atom stereocenters. The molecule has 0 radical (unpaired) electrons. The molecule has 2 aromatic rings. The van der Waals surface area contributed by atoms with Crippen LogP contribution in [0.2, 0.25) is 0 Å². The summed E-state index contributed by atoms with van der Waals surface area (Å²) in [6.07, 6.45) is 0.801. The third kappa shape index (κ3) is 2.76. The van der Waals surface area contributed by atoms with Crippen molar-refractivity contribution in [3.8, 4) is 0 Å². The maximum absolute atomic E-state index is 13.3. The minimum atomic E-state index is -0.473. The van der Waals surface area contributed by atoms with E-state index < -0.39 is 11.7 Å². The predicted molar refractivity (Wildman–Crippen MR) is 70.0 cm³/mol. The molecule has 0 bridgehead atoms. The van der Waals surface area contributed by atoms with Gasteiger partial charge in [0.25, 0.3) is 5.91 Å². The summed E-state index contributed by atoms with van der Waals surface area (Å²) in [4.78, 5) is 11.8. The highest BCUT2D eigenvalue weighted by Gasteiger charge is 2.10. The molecular weight excluding hydrogens is 301 g/mol. The number of anilines is 1. The van der Waals surface area contributed by atoms with E-state index in [2.05, 4.69) is 31.4 Å². The Morgan fingerprint density at radius 3 is 2.89 bits per heavy atom. The van der Waals surface area contributed by atoms with Crippen LogP contribution in [-0.2, 0) is 6.42 Å². The summed E-state index contributed by atoms with van der Waals surface area (Å²) in [5.74, 6) is -0.436. The van der Waals surface area contributed by atoms with Crippen LogP contribution in [0.25, 0.3) is 0 Å². The number of nitrogens with zero attached hydrogens (tertiary/aromatic N) is 1. The fourth-order valence-electron chi connectivity index (χ4n) is 1.43. The van der Waals surface area contributed by atoms with Crippen molar-refractivity contribution in [2.45, 2.75) is 13.3 Å². The van der Waals surface area contributed by atoms with Gasteiger partial charge in [0.15, 0.2) is 5.82 Å². The lowest BCUT2D eigenvalue weighted by Gasteiger charge is -2.02. The minimum Gasteiger partial charge on any atom is -0.305 e. The zero-order valence-electron chi connectivity index (χ0n) is 9.63. The lowest BCUT2D eigenvalue weighted by Crippen LogP contribution is -2.12. The minimum absolute atomic E-state index is 0.247. The number of H-pyrrole nitrogens is 1. The molecule has 1 aromatic carbocycles. The first-order chi connectivity index (χ1) is 8.60. The van der Waals surface area contributed by atoms with Gasteiger partial charge >= 0.3 is 0 Å². The number of aromatic nitrogens is 2. The number of hydrogen-bond acceptors (Lipinski definition) is 2. The van der Waals surface area contributed by atoms with Crippen molar-refractivity contribution in [3.63, 3.8) is 0 Å². The highest BCUT2D eigenvalue weighted by Crippen LogP contribution is 2.17. The van der Waals surface area contributed by atoms with Gasteiger partial charge in [0.1, 0.15) is 5.82 Å². The number of aromatic amines is 1. The summed E-state index contributed by atoms with van der Waals surface area (Å²) in [5, 5.41) is 9.32. The number of rotatable bonds is 3. The topological polar surface area (TPSA) is 57.8 Å². The predicted octanol–water partition coefficient (Wildman–Crippen LogP) is 3.13. The van der Waals surface area contributed by atoms with Crippen molar-refractivity contribution in [2.24, 2.45) is 0 Å². The summed E-state index contributed by atoms with van der Waals surface area (Å²) in [6, 6.07) is 5.95. The van der Waals surface area contributed by atoms with Crippen molar-refractivity contribution in [1.82, 2.24) is 10.2 Å². The number of hydrogen-bond donors (Lipinski definition) is 2.